The zero-order chi connectivity index (χ0) is 28.7. The van der Waals surface area contributed by atoms with Gasteiger partial charge in [0.25, 0.3) is 0 Å². The van der Waals surface area contributed by atoms with E-state index in [-0.39, 0.29) is 17.8 Å². The van der Waals surface area contributed by atoms with E-state index in [1.807, 2.05) is 6.92 Å². The fraction of sp³-hybridized carbons (Fsp3) is 0.963. The summed E-state index contributed by atoms with van der Waals surface area (Å²) in [5.41, 5.74) is 0. The quantitative estimate of drug-likeness (QED) is 0.219. The van der Waals surface area contributed by atoms with Crippen molar-refractivity contribution in [1.82, 2.24) is 0 Å². The van der Waals surface area contributed by atoms with Gasteiger partial charge < -0.3 is 59.1 Å². The maximum absolute atomic E-state index is 12.0. The van der Waals surface area contributed by atoms with E-state index in [9.17, 15) is 35.4 Å². The maximum Gasteiger partial charge on any atom is 0.332 e. The molecule has 0 spiro atoms. The van der Waals surface area contributed by atoms with Gasteiger partial charge in [-0.05, 0) is 50.4 Å². The number of carbonyl (C=O) groups is 1. The van der Waals surface area contributed by atoms with Crippen LogP contribution in [-0.4, -0.2) is 130 Å². The molecule has 0 amide bonds. The van der Waals surface area contributed by atoms with Crippen molar-refractivity contribution in [2.45, 2.75) is 132 Å². The van der Waals surface area contributed by atoms with Crippen LogP contribution in [0.15, 0.2) is 0 Å². The van der Waals surface area contributed by atoms with E-state index >= 15 is 0 Å². The van der Waals surface area contributed by atoms with Crippen LogP contribution in [0.3, 0.4) is 0 Å². The van der Waals surface area contributed by atoms with E-state index in [0.29, 0.717) is 19.4 Å². The number of hydrogen-bond donors (Lipinski definition) is 6. The molecule has 5 rings (SSSR count). The van der Waals surface area contributed by atoms with Gasteiger partial charge in [0.1, 0.15) is 42.7 Å². The average Bonchev–Trinajstić information content (AvgIpc) is 3.67. The van der Waals surface area contributed by atoms with Gasteiger partial charge >= 0.3 is 5.97 Å². The summed E-state index contributed by atoms with van der Waals surface area (Å²) in [7, 11) is 0. The summed E-state index contributed by atoms with van der Waals surface area (Å²) in [6, 6.07) is 0. The zero-order valence-corrected chi connectivity index (χ0v) is 22.9. The van der Waals surface area contributed by atoms with Gasteiger partial charge in [-0.3, -0.25) is 0 Å². The van der Waals surface area contributed by atoms with Crippen LogP contribution in [0.2, 0.25) is 0 Å². The number of carboxylic acids is 1. The number of fused-ring (bicyclic) bond motifs is 2. The molecule has 2 aliphatic carbocycles. The van der Waals surface area contributed by atoms with Gasteiger partial charge in [0.05, 0.1) is 31.5 Å². The number of carboxylic acid groups (broad SMARTS) is 1. The topological polar surface area (TPSA) is 194 Å². The Morgan fingerprint density at radius 1 is 0.875 bits per heavy atom. The molecular weight excluding hydrogens is 532 g/mol. The molecule has 0 bridgehead atoms. The van der Waals surface area contributed by atoms with Crippen LogP contribution in [0.25, 0.3) is 0 Å². The highest BCUT2D eigenvalue weighted by Gasteiger charge is 2.54. The molecule has 3 heterocycles. The second-order valence-corrected chi connectivity index (χ2v) is 12.0. The molecule has 5 fully saturated rings. The molecule has 0 aromatic heterocycles. The predicted molar refractivity (Wildman–Crippen MR) is 134 cm³/mol. The lowest BCUT2D eigenvalue weighted by molar-refractivity contribution is -0.353. The van der Waals surface area contributed by atoms with E-state index in [4.69, 9.17) is 28.4 Å². The van der Waals surface area contributed by atoms with Gasteiger partial charge in [-0.15, -0.1) is 0 Å². The molecule has 16 atom stereocenters. The molecule has 2 saturated carbocycles. The molecule has 6 N–H and O–H groups in total. The van der Waals surface area contributed by atoms with E-state index in [1.54, 1.807) is 6.92 Å². The molecule has 0 aromatic rings. The first-order valence-electron chi connectivity index (χ1n) is 14.6. The third kappa shape index (κ3) is 6.20. The molecular formula is C27H44O13. The van der Waals surface area contributed by atoms with Gasteiger partial charge in [-0.2, -0.15) is 0 Å². The molecule has 13 heteroatoms. The Bertz CT molecular complexity index is 860. The van der Waals surface area contributed by atoms with E-state index in [2.05, 4.69) is 0 Å². The highest BCUT2D eigenvalue weighted by atomic mass is 16.7. The van der Waals surface area contributed by atoms with Crippen molar-refractivity contribution >= 4 is 5.97 Å². The monoisotopic (exact) mass is 576 g/mol. The Balaban J connectivity index is 1.37. The smallest absolute Gasteiger partial charge is 0.332 e. The van der Waals surface area contributed by atoms with Crippen molar-refractivity contribution in [3.8, 4) is 0 Å². The van der Waals surface area contributed by atoms with E-state index < -0.39 is 92.3 Å². The van der Waals surface area contributed by atoms with Crippen molar-refractivity contribution in [3.63, 3.8) is 0 Å². The lowest BCUT2D eigenvalue weighted by Crippen LogP contribution is -2.63. The summed E-state index contributed by atoms with van der Waals surface area (Å²) in [6.07, 6.45) is -9.92. The minimum absolute atomic E-state index is 0.0220. The fourth-order valence-electron chi connectivity index (χ4n) is 6.65. The Kier molecular flexibility index (Phi) is 9.69. The first kappa shape index (κ1) is 30.5. The van der Waals surface area contributed by atoms with Crippen molar-refractivity contribution in [1.29, 1.82) is 0 Å². The van der Waals surface area contributed by atoms with Crippen molar-refractivity contribution in [2.24, 2.45) is 17.8 Å². The minimum Gasteiger partial charge on any atom is -0.479 e. The van der Waals surface area contributed by atoms with Crippen LogP contribution in [0.5, 0.6) is 0 Å². The fourth-order valence-corrected chi connectivity index (χ4v) is 6.65. The van der Waals surface area contributed by atoms with Gasteiger partial charge in [0.2, 0.25) is 0 Å². The summed E-state index contributed by atoms with van der Waals surface area (Å²) in [5.74, 6) is -0.760. The highest BCUT2D eigenvalue weighted by Crippen LogP contribution is 2.45. The highest BCUT2D eigenvalue weighted by molar-refractivity contribution is 5.72. The first-order chi connectivity index (χ1) is 19.1. The van der Waals surface area contributed by atoms with E-state index in [1.165, 1.54) is 0 Å². The van der Waals surface area contributed by atoms with Crippen molar-refractivity contribution in [2.75, 3.05) is 13.2 Å². The molecule has 3 saturated heterocycles. The second kappa shape index (κ2) is 12.7. The van der Waals surface area contributed by atoms with Crippen LogP contribution >= 0.6 is 0 Å². The third-order valence-corrected chi connectivity index (χ3v) is 9.31. The lowest BCUT2D eigenvalue weighted by atomic mass is 9.82. The lowest BCUT2D eigenvalue weighted by Gasteiger charge is -2.48. The molecule has 0 aromatic carbocycles. The number of aliphatic hydroxyl groups is 5. The first-order valence-corrected chi connectivity index (χ1v) is 14.6. The van der Waals surface area contributed by atoms with Crippen LogP contribution in [0.1, 0.15) is 52.4 Å². The normalized spacial score (nSPS) is 51.5. The van der Waals surface area contributed by atoms with Crippen LogP contribution < -0.4 is 0 Å². The number of ether oxygens (including phenoxy) is 6. The summed E-state index contributed by atoms with van der Waals surface area (Å²) < 4.78 is 36.6. The summed E-state index contributed by atoms with van der Waals surface area (Å²) in [6.45, 7) is 3.39. The standard InChI is InChI=1S/C27H44O13/c1-3-12-5-4-6-15(22(12)40-26-21(32)20(31)18(29)11(2)36-26)38-27-24-23(19(30)17(9-28)39-27)37-16(25(33)34)8-13-7-14(13)10-35-24/h11-24,26-32H,3-10H2,1-2H3,(H,33,34). The van der Waals surface area contributed by atoms with E-state index in [0.717, 1.165) is 25.7 Å². The molecule has 3 aliphatic heterocycles. The van der Waals surface area contributed by atoms with Crippen LogP contribution in [-0.2, 0) is 33.2 Å². The molecule has 13 nitrogen and oxygen atoms in total. The average molecular weight is 577 g/mol. The van der Waals surface area contributed by atoms with Gasteiger partial charge in [0.15, 0.2) is 18.7 Å². The number of aliphatic carboxylic acids is 1. The predicted octanol–water partition coefficient (Wildman–Crippen LogP) is -0.864. The molecule has 40 heavy (non-hydrogen) atoms. The Morgan fingerprint density at radius 3 is 2.35 bits per heavy atom. The van der Waals surface area contributed by atoms with Gasteiger partial charge in [0, 0.05) is 0 Å². The van der Waals surface area contributed by atoms with Crippen molar-refractivity contribution < 1.29 is 63.9 Å². The zero-order valence-electron chi connectivity index (χ0n) is 22.9. The largest absolute Gasteiger partial charge is 0.479 e. The Labute approximate surface area is 233 Å². The number of rotatable bonds is 7. The van der Waals surface area contributed by atoms with Crippen LogP contribution in [0, 0.1) is 17.8 Å². The molecule has 5 aliphatic rings. The number of hydrogen-bond acceptors (Lipinski definition) is 12. The summed E-state index contributed by atoms with van der Waals surface area (Å²) in [5, 5.41) is 61.7. The maximum atomic E-state index is 12.0. The van der Waals surface area contributed by atoms with Crippen LogP contribution in [0.4, 0.5) is 0 Å². The Hall–Kier alpha value is -0.970. The van der Waals surface area contributed by atoms with Crippen molar-refractivity contribution in [3.05, 3.63) is 0 Å². The SMILES string of the molecule is CCC1CCCC(OC2OC(CO)C(O)C3OC(C(=O)O)CC4CC4COC23)C1OC1OC(C)C(O)C(O)C1O. The van der Waals surface area contributed by atoms with Gasteiger partial charge in [-0.1, -0.05) is 19.8 Å². The molecule has 230 valence electrons. The summed E-state index contributed by atoms with van der Waals surface area (Å²) >= 11 is 0. The molecule has 16 unspecified atom stereocenters. The Morgan fingerprint density at radius 2 is 1.65 bits per heavy atom. The second-order valence-electron chi connectivity index (χ2n) is 12.0. The van der Waals surface area contributed by atoms with Gasteiger partial charge in [-0.25, -0.2) is 4.79 Å². The third-order valence-electron chi connectivity index (χ3n) is 9.31. The molecule has 0 radical (unpaired) electrons. The number of aliphatic hydroxyl groups excluding tert-OH is 5. The summed E-state index contributed by atoms with van der Waals surface area (Å²) in [4.78, 5) is 12.0. The minimum atomic E-state index is -1.47.